The van der Waals surface area contributed by atoms with Gasteiger partial charge in [0.1, 0.15) is 5.82 Å². The highest BCUT2D eigenvalue weighted by Crippen LogP contribution is 2.17. The van der Waals surface area contributed by atoms with Crippen molar-refractivity contribution in [2.24, 2.45) is 0 Å². The minimum atomic E-state index is 0.505. The number of ether oxygens (including phenoxy) is 1. The van der Waals surface area contributed by atoms with Crippen LogP contribution in [0.2, 0.25) is 0 Å². The number of nitrogen functional groups attached to an aromatic ring is 1. The largest absolute Gasteiger partial charge is 0.382 e. The van der Waals surface area contributed by atoms with Gasteiger partial charge < -0.3 is 10.5 Å². The number of aromatic nitrogens is 2. The number of aryl methyl sites for hydroxylation is 1. The van der Waals surface area contributed by atoms with Crippen molar-refractivity contribution in [1.82, 2.24) is 9.78 Å². The van der Waals surface area contributed by atoms with Crippen molar-refractivity contribution in [3.63, 3.8) is 0 Å². The van der Waals surface area contributed by atoms with Crippen LogP contribution in [-0.4, -0.2) is 34.0 Å². The molecule has 2 N–H and O–H groups in total. The number of hydrogen-bond acceptors (Lipinski definition) is 4. The number of hydrogen-bond donors (Lipinski definition) is 1. The van der Waals surface area contributed by atoms with Gasteiger partial charge in [-0.25, -0.2) is 0 Å². The Morgan fingerprint density at radius 2 is 2.56 bits per heavy atom. The predicted molar refractivity (Wildman–Crippen MR) is 67.6 cm³/mol. The summed E-state index contributed by atoms with van der Waals surface area (Å²) in [5, 5.41) is 4.15. The van der Waals surface area contributed by atoms with Gasteiger partial charge >= 0.3 is 0 Å². The van der Waals surface area contributed by atoms with E-state index in [4.69, 9.17) is 10.5 Å². The van der Waals surface area contributed by atoms with Gasteiger partial charge in [0.05, 0.1) is 6.10 Å². The van der Waals surface area contributed by atoms with Gasteiger partial charge in [0.2, 0.25) is 0 Å². The summed E-state index contributed by atoms with van der Waals surface area (Å²) in [5.41, 5.74) is 5.54. The van der Waals surface area contributed by atoms with Gasteiger partial charge in [-0.1, -0.05) is 0 Å². The van der Waals surface area contributed by atoms with E-state index in [2.05, 4.69) is 5.10 Å². The molecule has 2 heterocycles. The normalized spacial score (nSPS) is 20.4. The summed E-state index contributed by atoms with van der Waals surface area (Å²) < 4.78 is 7.47. The molecule has 1 aliphatic heterocycles. The lowest BCUT2D eigenvalue weighted by Crippen LogP contribution is -2.09. The summed E-state index contributed by atoms with van der Waals surface area (Å²) in [4.78, 5) is 0. The van der Waals surface area contributed by atoms with Gasteiger partial charge in [-0.05, 0) is 31.1 Å². The van der Waals surface area contributed by atoms with Gasteiger partial charge in [-0.15, -0.1) is 0 Å². The van der Waals surface area contributed by atoms with Crippen molar-refractivity contribution in [2.45, 2.75) is 31.9 Å². The summed E-state index contributed by atoms with van der Waals surface area (Å²) >= 11 is 1.98. The van der Waals surface area contributed by atoms with E-state index in [9.17, 15) is 0 Å². The quantitative estimate of drug-likeness (QED) is 0.771. The average Bonchev–Trinajstić information content (AvgIpc) is 2.89. The SMILES string of the molecule is Nc1ccn(CCCSCC2CCCO2)n1. The maximum atomic E-state index is 5.57. The number of rotatable bonds is 6. The summed E-state index contributed by atoms with van der Waals surface area (Å²) in [6, 6.07) is 1.83. The number of thioether (sulfide) groups is 1. The van der Waals surface area contributed by atoms with Gasteiger partial charge in [0.25, 0.3) is 0 Å². The molecule has 0 aliphatic carbocycles. The first-order chi connectivity index (χ1) is 7.84. The molecule has 1 fully saturated rings. The second kappa shape index (κ2) is 6.15. The number of nitrogens with zero attached hydrogens (tertiary/aromatic N) is 2. The molecule has 2 rings (SSSR count). The van der Waals surface area contributed by atoms with Crippen molar-refractivity contribution in [1.29, 1.82) is 0 Å². The fraction of sp³-hybridized carbons (Fsp3) is 0.727. The molecule has 16 heavy (non-hydrogen) atoms. The second-order valence-corrected chi connectivity index (χ2v) is 5.22. The molecule has 1 aromatic rings. The Kier molecular flexibility index (Phi) is 4.54. The molecule has 0 bridgehead atoms. The Hall–Kier alpha value is -0.680. The lowest BCUT2D eigenvalue weighted by molar-refractivity contribution is 0.129. The molecule has 1 atom stereocenters. The van der Waals surface area contributed by atoms with E-state index in [1.165, 1.54) is 18.6 Å². The molecule has 1 aromatic heterocycles. The molecule has 0 radical (unpaired) electrons. The maximum Gasteiger partial charge on any atom is 0.145 e. The van der Waals surface area contributed by atoms with Crippen LogP contribution in [0.25, 0.3) is 0 Å². The van der Waals surface area contributed by atoms with Crippen LogP contribution in [0.1, 0.15) is 19.3 Å². The second-order valence-electron chi connectivity index (χ2n) is 4.07. The monoisotopic (exact) mass is 241 g/mol. The summed E-state index contributed by atoms with van der Waals surface area (Å²) in [7, 11) is 0. The molecular formula is C11H19N3OS. The smallest absolute Gasteiger partial charge is 0.145 e. The van der Waals surface area contributed by atoms with Crippen molar-refractivity contribution in [3.8, 4) is 0 Å². The van der Waals surface area contributed by atoms with E-state index in [1.807, 2.05) is 28.7 Å². The van der Waals surface area contributed by atoms with E-state index in [0.717, 1.165) is 25.3 Å². The highest BCUT2D eigenvalue weighted by atomic mass is 32.2. The van der Waals surface area contributed by atoms with Crippen LogP contribution in [-0.2, 0) is 11.3 Å². The summed E-state index contributed by atoms with van der Waals surface area (Å²) in [6.45, 7) is 1.91. The van der Waals surface area contributed by atoms with Crippen LogP contribution in [0.4, 0.5) is 5.82 Å². The maximum absolute atomic E-state index is 5.57. The van der Waals surface area contributed by atoms with Crippen LogP contribution in [0, 0.1) is 0 Å². The zero-order chi connectivity index (χ0) is 11.2. The molecular weight excluding hydrogens is 222 g/mol. The fourth-order valence-corrected chi connectivity index (χ4v) is 2.85. The zero-order valence-electron chi connectivity index (χ0n) is 9.47. The zero-order valence-corrected chi connectivity index (χ0v) is 10.3. The number of nitrogens with two attached hydrogens (primary N) is 1. The van der Waals surface area contributed by atoms with E-state index in [0.29, 0.717) is 11.9 Å². The number of anilines is 1. The first-order valence-corrected chi connectivity index (χ1v) is 6.98. The molecule has 0 saturated carbocycles. The first kappa shape index (κ1) is 11.8. The Morgan fingerprint density at radius 1 is 1.62 bits per heavy atom. The molecule has 0 aromatic carbocycles. The Labute approximate surface area is 101 Å². The van der Waals surface area contributed by atoms with E-state index in [1.54, 1.807) is 0 Å². The van der Waals surface area contributed by atoms with Gasteiger partial charge in [0.15, 0.2) is 0 Å². The molecule has 90 valence electrons. The van der Waals surface area contributed by atoms with Crippen LogP contribution < -0.4 is 5.73 Å². The van der Waals surface area contributed by atoms with Gasteiger partial charge in [-0.2, -0.15) is 16.9 Å². The highest BCUT2D eigenvalue weighted by Gasteiger charge is 2.14. The highest BCUT2D eigenvalue weighted by molar-refractivity contribution is 7.99. The van der Waals surface area contributed by atoms with Crippen LogP contribution in [0.3, 0.4) is 0 Å². The molecule has 5 heteroatoms. The van der Waals surface area contributed by atoms with Crippen LogP contribution >= 0.6 is 11.8 Å². The molecule has 0 spiro atoms. The molecule has 1 saturated heterocycles. The van der Waals surface area contributed by atoms with E-state index in [-0.39, 0.29) is 0 Å². The molecule has 0 amide bonds. The third kappa shape index (κ3) is 3.72. The Bertz CT molecular complexity index is 310. The van der Waals surface area contributed by atoms with Crippen LogP contribution in [0.5, 0.6) is 0 Å². The average molecular weight is 241 g/mol. The third-order valence-corrected chi connectivity index (χ3v) is 3.85. The minimum absolute atomic E-state index is 0.505. The fourth-order valence-electron chi connectivity index (χ4n) is 1.82. The van der Waals surface area contributed by atoms with Crippen molar-refractivity contribution >= 4 is 17.6 Å². The molecule has 1 aliphatic rings. The third-order valence-electron chi connectivity index (χ3n) is 2.66. The predicted octanol–water partition coefficient (Wildman–Crippen LogP) is 1.77. The Morgan fingerprint density at radius 3 is 3.25 bits per heavy atom. The summed E-state index contributed by atoms with van der Waals surface area (Å²) in [5.74, 6) is 2.91. The first-order valence-electron chi connectivity index (χ1n) is 5.83. The van der Waals surface area contributed by atoms with Crippen molar-refractivity contribution in [2.75, 3.05) is 23.8 Å². The lowest BCUT2D eigenvalue weighted by Gasteiger charge is -2.08. The van der Waals surface area contributed by atoms with Gasteiger partial charge in [-0.3, -0.25) is 4.68 Å². The van der Waals surface area contributed by atoms with Crippen molar-refractivity contribution in [3.05, 3.63) is 12.3 Å². The standard InChI is InChI=1S/C11H19N3OS/c12-11-4-6-14(13-11)5-2-8-16-9-10-3-1-7-15-10/h4,6,10H,1-3,5,7-9H2,(H2,12,13). The topological polar surface area (TPSA) is 53.1 Å². The molecule has 4 nitrogen and oxygen atoms in total. The Balaban J connectivity index is 1.51. The molecule has 1 unspecified atom stereocenters. The van der Waals surface area contributed by atoms with Crippen molar-refractivity contribution < 1.29 is 4.74 Å². The minimum Gasteiger partial charge on any atom is -0.382 e. The lowest BCUT2D eigenvalue weighted by atomic mass is 10.3. The van der Waals surface area contributed by atoms with E-state index < -0.39 is 0 Å². The van der Waals surface area contributed by atoms with Gasteiger partial charge in [0, 0.05) is 25.1 Å². The van der Waals surface area contributed by atoms with E-state index >= 15 is 0 Å². The van der Waals surface area contributed by atoms with Crippen LogP contribution in [0.15, 0.2) is 12.3 Å². The summed E-state index contributed by atoms with van der Waals surface area (Å²) in [6.07, 6.45) is 6.05.